The number of alkyl halides is 3. The quantitative estimate of drug-likeness (QED) is 0.368. The van der Waals surface area contributed by atoms with Crippen LogP contribution in [0.5, 0.6) is 5.88 Å². The number of hydrogen-bond donors (Lipinski definition) is 2. The van der Waals surface area contributed by atoms with Crippen molar-refractivity contribution in [1.82, 2.24) is 14.4 Å². The Kier molecular flexibility index (Phi) is 5.24. The highest BCUT2D eigenvalue weighted by atomic mass is 35.5. The Morgan fingerprint density at radius 1 is 1.16 bits per heavy atom. The average Bonchev–Trinajstić information content (AvgIpc) is 3.01. The van der Waals surface area contributed by atoms with E-state index >= 15 is 0 Å². The predicted molar refractivity (Wildman–Crippen MR) is 105 cm³/mol. The highest BCUT2D eigenvalue weighted by Gasteiger charge is 2.34. The molecule has 0 radical (unpaired) electrons. The fraction of sp³-hybridized carbons (Fsp3) is 0.100. The Balaban J connectivity index is 1.72. The van der Waals surface area contributed by atoms with Gasteiger partial charge in [0.15, 0.2) is 0 Å². The molecule has 4 heterocycles. The van der Waals surface area contributed by atoms with Crippen molar-refractivity contribution in [3.63, 3.8) is 0 Å². The molecule has 0 aliphatic rings. The summed E-state index contributed by atoms with van der Waals surface area (Å²) < 4.78 is 41.6. The second-order valence-corrected chi connectivity index (χ2v) is 6.92. The lowest BCUT2D eigenvalue weighted by molar-refractivity contribution is -0.668. The average molecular weight is 449 g/mol. The van der Waals surface area contributed by atoms with Crippen molar-refractivity contribution in [3.05, 3.63) is 83.0 Å². The molecule has 1 amide bonds. The number of pyridine rings is 3. The van der Waals surface area contributed by atoms with Gasteiger partial charge in [-0.05, 0) is 24.3 Å². The fourth-order valence-corrected chi connectivity index (χ4v) is 3.19. The van der Waals surface area contributed by atoms with E-state index in [0.29, 0.717) is 16.4 Å². The molecule has 0 aliphatic carbocycles. The molecule has 158 valence electrons. The van der Waals surface area contributed by atoms with E-state index in [9.17, 15) is 23.1 Å². The van der Waals surface area contributed by atoms with Crippen LogP contribution in [0, 0.1) is 0 Å². The largest absolute Gasteiger partial charge is 0.474 e. The summed E-state index contributed by atoms with van der Waals surface area (Å²) in [7, 11) is 0. The molecule has 0 bridgehead atoms. The maximum absolute atomic E-state index is 12.9. The number of aromatic nitrogens is 4. The lowest BCUT2D eigenvalue weighted by Gasteiger charge is -2.07. The van der Waals surface area contributed by atoms with Crippen LogP contribution in [-0.2, 0) is 12.7 Å². The molecule has 0 atom stereocenters. The van der Waals surface area contributed by atoms with Gasteiger partial charge in [-0.1, -0.05) is 29.8 Å². The molecule has 11 heteroatoms. The summed E-state index contributed by atoms with van der Waals surface area (Å²) in [5.41, 5.74) is -0.0961. The molecule has 2 N–H and O–H groups in total. The molecule has 0 fully saturated rings. The van der Waals surface area contributed by atoms with E-state index < -0.39 is 17.8 Å². The smallest absolute Gasteiger partial charge is 0.433 e. The molecule has 0 aliphatic heterocycles. The summed E-state index contributed by atoms with van der Waals surface area (Å²) in [4.78, 5) is 20.3. The number of amides is 1. The number of carbonyl (C=O) groups excluding carboxylic acids is 1. The number of halogens is 4. The summed E-state index contributed by atoms with van der Waals surface area (Å²) in [5.74, 6) is -1.48. The maximum atomic E-state index is 12.9. The third-order valence-electron chi connectivity index (χ3n) is 4.45. The third kappa shape index (κ3) is 4.15. The molecule has 0 unspecified atom stereocenters. The van der Waals surface area contributed by atoms with E-state index in [2.05, 4.69) is 15.3 Å². The molecule has 4 aromatic rings. The van der Waals surface area contributed by atoms with E-state index in [4.69, 9.17) is 11.6 Å². The van der Waals surface area contributed by atoms with Crippen LogP contribution in [0.15, 0.2) is 60.9 Å². The zero-order chi connectivity index (χ0) is 22.2. The lowest BCUT2D eigenvalue weighted by Crippen LogP contribution is -2.33. The van der Waals surface area contributed by atoms with Crippen molar-refractivity contribution in [2.75, 3.05) is 5.32 Å². The highest BCUT2D eigenvalue weighted by molar-refractivity contribution is 6.29. The summed E-state index contributed by atoms with van der Waals surface area (Å²) in [6.07, 6.45) is -1.56. The van der Waals surface area contributed by atoms with Gasteiger partial charge in [0.1, 0.15) is 23.2 Å². The molecule has 4 rings (SSSR count). The van der Waals surface area contributed by atoms with Gasteiger partial charge in [0.05, 0.1) is 6.20 Å². The topological polar surface area (TPSA) is 83.4 Å². The summed E-state index contributed by atoms with van der Waals surface area (Å²) >= 11 is 5.80. The number of hydrogen-bond acceptors (Lipinski definition) is 4. The molecule has 0 aromatic carbocycles. The minimum Gasteiger partial charge on any atom is -0.474 e. The van der Waals surface area contributed by atoms with Crippen LogP contribution in [0.3, 0.4) is 0 Å². The molecule has 0 saturated carbocycles. The van der Waals surface area contributed by atoms with E-state index in [0.717, 1.165) is 12.1 Å². The number of anilines is 1. The number of carbonyl (C=O) groups is 1. The van der Waals surface area contributed by atoms with Gasteiger partial charge in [-0.15, -0.1) is 0 Å². The van der Waals surface area contributed by atoms with E-state index in [1.807, 2.05) is 0 Å². The number of imidazole rings is 1. The van der Waals surface area contributed by atoms with E-state index in [-0.39, 0.29) is 23.9 Å². The molecule has 7 nitrogen and oxygen atoms in total. The number of rotatable bonds is 4. The van der Waals surface area contributed by atoms with Crippen molar-refractivity contribution in [2.24, 2.45) is 0 Å². The van der Waals surface area contributed by atoms with E-state index in [1.165, 1.54) is 21.2 Å². The number of fused-ring (bicyclic) bond motifs is 1. The second-order valence-electron chi connectivity index (χ2n) is 6.54. The number of aromatic hydroxyl groups is 1. The molecular weight excluding hydrogens is 435 g/mol. The van der Waals surface area contributed by atoms with Gasteiger partial charge in [0.2, 0.25) is 0 Å². The molecule has 31 heavy (non-hydrogen) atoms. The first kappa shape index (κ1) is 20.6. The molecule has 0 spiro atoms. The van der Waals surface area contributed by atoms with Crippen LogP contribution >= 0.6 is 11.6 Å². The monoisotopic (exact) mass is 448 g/mol. The highest BCUT2D eigenvalue weighted by Crippen LogP contribution is 2.28. The van der Waals surface area contributed by atoms with Crippen molar-refractivity contribution >= 4 is 29.0 Å². The molecular formula is C20H14ClF3N5O2+. The van der Waals surface area contributed by atoms with Crippen LogP contribution in [0.1, 0.15) is 21.7 Å². The first-order valence-corrected chi connectivity index (χ1v) is 9.30. The minimum atomic E-state index is -4.65. The Hall–Kier alpha value is -3.66. The van der Waals surface area contributed by atoms with Gasteiger partial charge in [-0.25, -0.2) is 9.97 Å². The zero-order valence-electron chi connectivity index (χ0n) is 15.6. The summed E-state index contributed by atoms with van der Waals surface area (Å²) in [5, 5.41) is 13.4. The van der Waals surface area contributed by atoms with Crippen molar-refractivity contribution in [3.8, 4) is 5.88 Å². The van der Waals surface area contributed by atoms with Crippen molar-refractivity contribution in [1.29, 1.82) is 0 Å². The standard InChI is InChI=1S/C20H13ClF3N5O2/c21-14-8-7-12(10-25-14)11-29-16-6-1-2-9-28(16)17(19(29)31)18(30)27-15-5-3-4-13(26-15)20(22,23)24/h1-10H,11H2,(H-,26,27,30,31)/p+1. The zero-order valence-corrected chi connectivity index (χ0v) is 16.4. The number of nitrogens with one attached hydrogen (secondary N) is 1. The van der Waals surface area contributed by atoms with Crippen LogP contribution in [0.25, 0.3) is 5.65 Å². The van der Waals surface area contributed by atoms with Gasteiger partial charge in [0.25, 0.3) is 11.3 Å². The van der Waals surface area contributed by atoms with Gasteiger partial charge in [0, 0.05) is 17.8 Å². The van der Waals surface area contributed by atoms with Crippen LogP contribution in [0.4, 0.5) is 19.0 Å². The second kappa shape index (κ2) is 7.88. The minimum absolute atomic E-state index is 0.156. The van der Waals surface area contributed by atoms with Gasteiger partial charge in [-0.2, -0.15) is 22.1 Å². The Bertz CT molecular complexity index is 1270. The van der Waals surface area contributed by atoms with Crippen LogP contribution in [-0.4, -0.2) is 25.4 Å². The van der Waals surface area contributed by atoms with Crippen LogP contribution < -0.4 is 9.88 Å². The van der Waals surface area contributed by atoms with Gasteiger partial charge >= 0.3 is 18.0 Å². The molecule has 0 saturated heterocycles. The molecule has 4 aromatic heterocycles. The van der Waals surface area contributed by atoms with Gasteiger partial charge < -0.3 is 10.4 Å². The summed E-state index contributed by atoms with van der Waals surface area (Å²) in [6.45, 7) is 0.179. The normalized spacial score (nSPS) is 11.6. The Morgan fingerprint density at radius 3 is 2.68 bits per heavy atom. The number of nitrogens with zero attached hydrogens (tertiary/aromatic N) is 4. The Labute approximate surface area is 178 Å². The first-order chi connectivity index (χ1) is 14.7. The third-order valence-corrected chi connectivity index (χ3v) is 4.67. The first-order valence-electron chi connectivity index (χ1n) is 8.92. The van der Waals surface area contributed by atoms with Crippen LogP contribution in [0.2, 0.25) is 5.15 Å². The fourth-order valence-electron chi connectivity index (χ4n) is 3.07. The lowest BCUT2D eigenvalue weighted by atomic mass is 10.3. The van der Waals surface area contributed by atoms with Gasteiger partial charge in [-0.3, -0.25) is 4.79 Å². The van der Waals surface area contributed by atoms with E-state index in [1.54, 1.807) is 36.5 Å². The van der Waals surface area contributed by atoms with Crippen molar-refractivity contribution in [2.45, 2.75) is 12.7 Å². The summed E-state index contributed by atoms with van der Waals surface area (Å²) in [6, 6.07) is 11.5. The SMILES string of the molecule is O=C(Nc1cccc(C(F)(F)F)n1)c1c(O)[n+](Cc2ccc(Cl)nc2)c2ccccn12. The van der Waals surface area contributed by atoms with Crippen molar-refractivity contribution < 1.29 is 27.6 Å². The Morgan fingerprint density at radius 2 is 1.97 bits per heavy atom. The predicted octanol–water partition coefficient (Wildman–Crippen LogP) is 3.70. The maximum Gasteiger partial charge on any atom is 0.433 e.